The Morgan fingerprint density at radius 2 is 1.81 bits per heavy atom. The van der Waals surface area contributed by atoms with Crippen LogP contribution in [0.3, 0.4) is 0 Å². The summed E-state index contributed by atoms with van der Waals surface area (Å²) >= 11 is 0. The van der Waals surface area contributed by atoms with E-state index in [9.17, 15) is 14.3 Å². The molecule has 4 heteroatoms. The Morgan fingerprint density at radius 3 is 2.43 bits per heavy atom. The van der Waals surface area contributed by atoms with Gasteiger partial charge < -0.3 is 5.11 Å². The van der Waals surface area contributed by atoms with Crippen molar-refractivity contribution in [2.75, 3.05) is 0 Å². The van der Waals surface area contributed by atoms with Crippen LogP contribution in [0, 0.1) is 5.82 Å². The van der Waals surface area contributed by atoms with E-state index in [1.54, 1.807) is 19.1 Å². The molecular formula is C17H18FNO2. The molecule has 2 aromatic carbocycles. The fraction of sp³-hybridized carbons (Fsp3) is 0.235. The molecule has 2 N–H and O–H groups in total. The summed E-state index contributed by atoms with van der Waals surface area (Å²) < 4.78 is 13.2. The summed E-state index contributed by atoms with van der Waals surface area (Å²) in [6.07, 6.45) is 0.215. The van der Waals surface area contributed by atoms with Crippen molar-refractivity contribution in [3.63, 3.8) is 0 Å². The maximum Gasteiger partial charge on any atom is 0.323 e. The highest BCUT2D eigenvalue weighted by Gasteiger charge is 2.32. The standard InChI is InChI=1S/C17H18FNO2/c1-17(16(20)21,11-14-8-5-9-15(18)10-14)19-12-13-6-3-2-4-7-13/h2-10,19H,11-12H2,1H3,(H,20,21). The van der Waals surface area contributed by atoms with E-state index in [-0.39, 0.29) is 12.2 Å². The lowest BCUT2D eigenvalue weighted by atomic mass is 9.92. The van der Waals surface area contributed by atoms with Crippen LogP contribution in [-0.2, 0) is 17.8 Å². The molecule has 0 radical (unpaired) electrons. The Kier molecular flexibility index (Phi) is 4.70. The highest BCUT2D eigenvalue weighted by Crippen LogP contribution is 2.16. The van der Waals surface area contributed by atoms with E-state index in [0.29, 0.717) is 12.1 Å². The first kappa shape index (κ1) is 15.2. The number of rotatable bonds is 6. The van der Waals surface area contributed by atoms with Crippen LogP contribution in [0.5, 0.6) is 0 Å². The summed E-state index contributed by atoms with van der Waals surface area (Å²) in [6.45, 7) is 2.06. The summed E-state index contributed by atoms with van der Waals surface area (Å²) in [4.78, 5) is 11.6. The molecule has 0 heterocycles. The molecule has 3 nitrogen and oxygen atoms in total. The van der Waals surface area contributed by atoms with Gasteiger partial charge in [0.25, 0.3) is 0 Å². The predicted molar refractivity (Wildman–Crippen MR) is 79.4 cm³/mol. The zero-order valence-electron chi connectivity index (χ0n) is 11.8. The lowest BCUT2D eigenvalue weighted by Gasteiger charge is -2.26. The molecule has 0 saturated heterocycles. The van der Waals surface area contributed by atoms with Crippen molar-refractivity contribution >= 4 is 5.97 Å². The SMILES string of the molecule is CC(Cc1cccc(F)c1)(NCc1ccccc1)C(=O)O. The van der Waals surface area contributed by atoms with Gasteiger partial charge in [0.15, 0.2) is 0 Å². The summed E-state index contributed by atoms with van der Waals surface area (Å²) in [5, 5.41) is 12.5. The van der Waals surface area contributed by atoms with Crippen molar-refractivity contribution in [1.29, 1.82) is 0 Å². The maximum absolute atomic E-state index is 13.2. The Bertz CT molecular complexity index is 615. The fourth-order valence-corrected chi connectivity index (χ4v) is 2.16. The van der Waals surface area contributed by atoms with E-state index in [4.69, 9.17) is 0 Å². The number of benzene rings is 2. The second-order valence-corrected chi connectivity index (χ2v) is 5.28. The Morgan fingerprint density at radius 1 is 1.14 bits per heavy atom. The van der Waals surface area contributed by atoms with Crippen molar-refractivity contribution in [3.8, 4) is 0 Å². The zero-order valence-corrected chi connectivity index (χ0v) is 11.8. The van der Waals surface area contributed by atoms with Crippen LogP contribution >= 0.6 is 0 Å². The number of hydrogen-bond donors (Lipinski definition) is 2. The lowest BCUT2D eigenvalue weighted by molar-refractivity contribution is -0.144. The molecule has 21 heavy (non-hydrogen) atoms. The number of nitrogens with one attached hydrogen (secondary N) is 1. The van der Waals surface area contributed by atoms with Gasteiger partial charge in [-0.1, -0.05) is 42.5 Å². The highest BCUT2D eigenvalue weighted by molar-refractivity contribution is 5.78. The molecule has 0 aliphatic rings. The molecule has 110 valence electrons. The first-order valence-electron chi connectivity index (χ1n) is 6.76. The zero-order chi connectivity index (χ0) is 15.3. The average Bonchev–Trinajstić information content (AvgIpc) is 2.46. The number of carbonyl (C=O) groups is 1. The number of carboxylic acids is 1. The topological polar surface area (TPSA) is 49.3 Å². The minimum absolute atomic E-state index is 0.215. The molecule has 0 bridgehead atoms. The monoisotopic (exact) mass is 287 g/mol. The van der Waals surface area contributed by atoms with Gasteiger partial charge in [-0.05, 0) is 30.2 Å². The third kappa shape index (κ3) is 4.13. The summed E-state index contributed by atoms with van der Waals surface area (Å²) in [5.41, 5.74) is 0.508. The molecule has 0 spiro atoms. The molecule has 0 aliphatic heterocycles. The van der Waals surface area contributed by atoms with Crippen molar-refractivity contribution in [1.82, 2.24) is 5.32 Å². The molecule has 0 fully saturated rings. The molecule has 1 unspecified atom stereocenters. The van der Waals surface area contributed by atoms with Gasteiger partial charge in [-0.3, -0.25) is 10.1 Å². The van der Waals surface area contributed by atoms with E-state index < -0.39 is 11.5 Å². The van der Waals surface area contributed by atoms with Gasteiger partial charge >= 0.3 is 5.97 Å². The molecule has 2 rings (SSSR count). The molecule has 0 aliphatic carbocycles. The molecule has 0 saturated carbocycles. The van der Waals surface area contributed by atoms with Crippen molar-refractivity contribution in [2.45, 2.75) is 25.4 Å². The average molecular weight is 287 g/mol. The normalized spacial score (nSPS) is 13.6. The van der Waals surface area contributed by atoms with Gasteiger partial charge in [0.05, 0.1) is 0 Å². The molecule has 2 aromatic rings. The van der Waals surface area contributed by atoms with Crippen molar-refractivity contribution in [3.05, 3.63) is 71.5 Å². The van der Waals surface area contributed by atoms with E-state index in [1.165, 1.54) is 12.1 Å². The van der Waals surface area contributed by atoms with E-state index in [0.717, 1.165) is 5.56 Å². The minimum atomic E-state index is -1.15. The third-order valence-corrected chi connectivity index (χ3v) is 3.44. The summed E-state index contributed by atoms with van der Waals surface area (Å²) in [6, 6.07) is 15.6. The summed E-state index contributed by atoms with van der Waals surface area (Å²) in [7, 11) is 0. The minimum Gasteiger partial charge on any atom is -0.480 e. The van der Waals surface area contributed by atoms with Crippen LogP contribution in [0.15, 0.2) is 54.6 Å². The first-order chi connectivity index (χ1) is 9.99. The summed E-state index contributed by atoms with van der Waals surface area (Å²) in [5.74, 6) is -1.31. The lowest BCUT2D eigenvalue weighted by Crippen LogP contribution is -2.50. The fourth-order valence-electron chi connectivity index (χ4n) is 2.16. The van der Waals surface area contributed by atoms with Gasteiger partial charge in [-0.25, -0.2) is 4.39 Å². The molecule has 0 amide bonds. The van der Waals surface area contributed by atoms with Crippen LogP contribution in [0.4, 0.5) is 4.39 Å². The van der Waals surface area contributed by atoms with Crippen LogP contribution in [0.2, 0.25) is 0 Å². The van der Waals surface area contributed by atoms with Crippen molar-refractivity contribution in [2.24, 2.45) is 0 Å². The Labute approximate surface area is 123 Å². The molecule has 0 aromatic heterocycles. The van der Waals surface area contributed by atoms with Crippen molar-refractivity contribution < 1.29 is 14.3 Å². The predicted octanol–water partition coefficient (Wildman–Crippen LogP) is 3.00. The smallest absolute Gasteiger partial charge is 0.323 e. The molecular weight excluding hydrogens is 269 g/mol. The van der Waals surface area contributed by atoms with Gasteiger partial charge in [-0.15, -0.1) is 0 Å². The highest BCUT2D eigenvalue weighted by atomic mass is 19.1. The van der Waals surface area contributed by atoms with Gasteiger partial charge in [-0.2, -0.15) is 0 Å². The largest absolute Gasteiger partial charge is 0.480 e. The molecule has 1 atom stereocenters. The Balaban J connectivity index is 2.11. The Hall–Kier alpha value is -2.20. The van der Waals surface area contributed by atoms with Crippen LogP contribution < -0.4 is 5.32 Å². The quantitative estimate of drug-likeness (QED) is 0.858. The van der Waals surface area contributed by atoms with E-state index in [1.807, 2.05) is 30.3 Å². The van der Waals surface area contributed by atoms with E-state index >= 15 is 0 Å². The maximum atomic E-state index is 13.2. The van der Waals surface area contributed by atoms with Gasteiger partial charge in [0.1, 0.15) is 11.4 Å². The van der Waals surface area contributed by atoms with Gasteiger partial charge in [0, 0.05) is 13.0 Å². The third-order valence-electron chi connectivity index (χ3n) is 3.44. The second kappa shape index (κ2) is 6.50. The number of aliphatic carboxylic acids is 1. The van der Waals surface area contributed by atoms with Crippen LogP contribution in [0.25, 0.3) is 0 Å². The van der Waals surface area contributed by atoms with Crippen LogP contribution in [0.1, 0.15) is 18.1 Å². The van der Waals surface area contributed by atoms with E-state index in [2.05, 4.69) is 5.32 Å². The number of carboxylic acid groups (broad SMARTS) is 1. The van der Waals surface area contributed by atoms with Crippen LogP contribution in [-0.4, -0.2) is 16.6 Å². The number of halogens is 1. The number of hydrogen-bond acceptors (Lipinski definition) is 2. The second-order valence-electron chi connectivity index (χ2n) is 5.28. The van der Waals surface area contributed by atoms with Gasteiger partial charge in [0.2, 0.25) is 0 Å². The first-order valence-corrected chi connectivity index (χ1v) is 6.76.